The van der Waals surface area contributed by atoms with Crippen LogP contribution in [-0.4, -0.2) is 25.3 Å². The van der Waals surface area contributed by atoms with Crippen molar-refractivity contribution in [2.75, 3.05) is 5.75 Å². The number of halogens is 2. The largest absolute Gasteiger partial charge is 0.387 e. The topological polar surface area (TPSA) is 90.2 Å². The van der Waals surface area contributed by atoms with Crippen molar-refractivity contribution in [2.45, 2.75) is 38.3 Å². The van der Waals surface area contributed by atoms with E-state index in [9.17, 15) is 22.3 Å². The second-order valence-corrected chi connectivity index (χ2v) is 6.83. The lowest BCUT2D eigenvalue weighted by Crippen LogP contribution is -2.38. The van der Waals surface area contributed by atoms with Gasteiger partial charge in [-0.3, -0.25) is 0 Å². The zero-order valence-corrected chi connectivity index (χ0v) is 12.9. The van der Waals surface area contributed by atoms with Crippen LogP contribution in [-0.2, 0) is 10.0 Å². The summed E-state index contributed by atoms with van der Waals surface area (Å²) in [6.07, 6.45) is -0.222. The maximum absolute atomic E-state index is 13.1. The number of hydrogen-bond donors (Lipinski definition) is 2. The molecule has 1 rings (SSSR count). The van der Waals surface area contributed by atoms with Gasteiger partial charge >= 0.3 is 0 Å². The summed E-state index contributed by atoms with van der Waals surface area (Å²) in [5, 5.41) is 18.4. The van der Waals surface area contributed by atoms with Crippen LogP contribution in [0.25, 0.3) is 0 Å². The molecule has 0 heterocycles. The smallest absolute Gasteiger partial charge is 0.211 e. The van der Waals surface area contributed by atoms with Crippen LogP contribution in [0.2, 0.25) is 0 Å². The van der Waals surface area contributed by atoms with E-state index in [2.05, 4.69) is 4.72 Å². The van der Waals surface area contributed by atoms with Gasteiger partial charge in [0, 0.05) is 12.5 Å². The van der Waals surface area contributed by atoms with Gasteiger partial charge in [0.05, 0.1) is 17.9 Å². The lowest BCUT2D eigenvalue weighted by atomic mass is 10.0. The van der Waals surface area contributed by atoms with Gasteiger partial charge in [0.15, 0.2) is 11.6 Å². The standard InChI is InChI=1S/C14H18F2N2O3S/c1-10(18-22(20,21)8-4-2-3-7-17)14(19)11-5-6-12(15)13(16)9-11/h5-6,9-10,14,18-19H,2-4,8H2,1H3. The fourth-order valence-electron chi connectivity index (χ4n) is 1.89. The predicted octanol–water partition coefficient (Wildman–Crippen LogP) is 2.00. The van der Waals surface area contributed by atoms with E-state index in [-0.39, 0.29) is 17.7 Å². The molecule has 0 bridgehead atoms. The molecule has 0 fully saturated rings. The quantitative estimate of drug-likeness (QED) is 0.713. The number of benzene rings is 1. The van der Waals surface area contributed by atoms with Gasteiger partial charge < -0.3 is 5.11 Å². The summed E-state index contributed by atoms with van der Waals surface area (Å²) in [4.78, 5) is 0. The van der Waals surface area contributed by atoms with E-state index < -0.39 is 33.8 Å². The Morgan fingerprint density at radius 2 is 2.00 bits per heavy atom. The number of aliphatic hydroxyl groups is 1. The van der Waals surface area contributed by atoms with E-state index in [0.717, 1.165) is 12.1 Å². The summed E-state index contributed by atoms with van der Waals surface area (Å²) < 4.78 is 51.9. The molecule has 8 heteroatoms. The molecule has 0 spiro atoms. The molecule has 2 N–H and O–H groups in total. The summed E-state index contributed by atoms with van der Waals surface area (Å²) in [5.41, 5.74) is 0.0820. The molecular weight excluding hydrogens is 314 g/mol. The number of unbranched alkanes of at least 4 members (excludes halogenated alkanes) is 2. The number of nitriles is 1. The fraction of sp³-hybridized carbons (Fsp3) is 0.500. The third-order valence-corrected chi connectivity index (χ3v) is 4.63. The SMILES string of the molecule is CC(NS(=O)(=O)CCCCC#N)C(O)c1ccc(F)c(F)c1. The van der Waals surface area contributed by atoms with Crippen LogP contribution in [0.1, 0.15) is 37.9 Å². The van der Waals surface area contributed by atoms with E-state index in [1.165, 1.54) is 13.0 Å². The van der Waals surface area contributed by atoms with Gasteiger partial charge in [0.25, 0.3) is 0 Å². The number of nitrogens with one attached hydrogen (secondary N) is 1. The lowest BCUT2D eigenvalue weighted by molar-refractivity contribution is 0.146. The van der Waals surface area contributed by atoms with Crippen LogP contribution in [0.15, 0.2) is 18.2 Å². The average Bonchev–Trinajstić information content (AvgIpc) is 2.45. The number of hydrogen-bond acceptors (Lipinski definition) is 4. The van der Waals surface area contributed by atoms with Gasteiger partial charge in [-0.1, -0.05) is 6.07 Å². The monoisotopic (exact) mass is 332 g/mol. The predicted molar refractivity (Wildman–Crippen MR) is 77.2 cm³/mol. The molecule has 22 heavy (non-hydrogen) atoms. The van der Waals surface area contributed by atoms with Crippen molar-refractivity contribution in [3.8, 4) is 6.07 Å². The van der Waals surface area contributed by atoms with Gasteiger partial charge in [-0.05, 0) is 37.5 Å². The van der Waals surface area contributed by atoms with Gasteiger partial charge in [0.2, 0.25) is 10.0 Å². The van der Waals surface area contributed by atoms with Crippen molar-refractivity contribution in [1.29, 1.82) is 5.26 Å². The van der Waals surface area contributed by atoms with Crippen LogP contribution >= 0.6 is 0 Å². The number of aliphatic hydroxyl groups excluding tert-OH is 1. The first-order valence-electron chi connectivity index (χ1n) is 6.77. The van der Waals surface area contributed by atoms with E-state index in [1.54, 1.807) is 0 Å². The summed E-state index contributed by atoms with van der Waals surface area (Å²) in [5.74, 6) is -2.31. The first kappa shape index (κ1) is 18.5. The van der Waals surface area contributed by atoms with Gasteiger partial charge in [-0.25, -0.2) is 21.9 Å². The molecule has 0 saturated carbocycles. The van der Waals surface area contributed by atoms with Crippen molar-refractivity contribution in [2.24, 2.45) is 0 Å². The minimum atomic E-state index is -3.62. The third-order valence-electron chi connectivity index (χ3n) is 3.08. The zero-order chi connectivity index (χ0) is 16.8. The first-order valence-corrected chi connectivity index (χ1v) is 8.42. The molecule has 0 aliphatic heterocycles. The Labute approximate surface area is 128 Å². The van der Waals surface area contributed by atoms with Crippen molar-refractivity contribution >= 4 is 10.0 Å². The van der Waals surface area contributed by atoms with Crippen molar-refractivity contribution in [3.05, 3.63) is 35.4 Å². The lowest BCUT2D eigenvalue weighted by Gasteiger charge is -2.20. The first-order chi connectivity index (χ1) is 10.3. The van der Waals surface area contributed by atoms with Crippen LogP contribution < -0.4 is 4.72 Å². The number of sulfonamides is 1. The van der Waals surface area contributed by atoms with E-state index in [0.29, 0.717) is 12.8 Å². The average molecular weight is 332 g/mol. The second kappa shape index (κ2) is 8.17. The summed E-state index contributed by atoms with van der Waals surface area (Å²) in [7, 11) is -3.62. The molecule has 1 aromatic rings. The highest BCUT2D eigenvalue weighted by Gasteiger charge is 2.22. The highest BCUT2D eigenvalue weighted by atomic mass is 32.2. The Hall–Kier alpha value is -1.56. The maximum Gasteiger partial charge on any atom is 0.211 e. The fourth-order valence-corrected chi connectivity index (χ4v) is 3.29. The third kappa shape index (κ3) is 5.67. The minimum Gasteiger partial charge on any atom is -0.387 e. The highest BCUT2D eigenvalue weighted by Crippen LogP contribution is 2.19. The summed E-state index contributed by atoms with van der Waals surface area (Å²) in [6.45, 7) is 1.43. The maximum atomic E-state index is 13.1. The molecule has 2 atom stereocenters. The summed E-state index contributed by atoms with van der Waals surface area (Å²) in [6, 6.07) is 3.92. The van der Waals surface area contributed by atoms with E-state index in [1.807, 2.05) is 6.07 Å². The second-order valence-electron chi connectivity index (χ2n) is 4.96. The van der Waals surface area contributed by atoms with Crippen molar-refractivity contribution in [3.63, 3.8) is 0 Å². The summed E-state index contributed by atoms with van der Waals surface area (Å²) >= 11 is 0. The van der Waals surface area contributed by atoms with Crippen LogP contribution in [0.5, 0.6) is 0 Å². The molecule has 0 saturated heterocycles. The van der Waals surface area contributed by atoms with E-state index in [4.69, 9.17) is 5.26 Å². The molecule has 0 radical (unpaired) electrons. The molecule has 0 aromatic heterocycles. The Balaban J connectivity index is 2.64. The van der Waals surface area contributed by atoms with Gasteiger partial charge in [-0.2, -0.15) is 5.26 Å². The Morgan fingerprint density at radius 3 is 2.59 bits per heavy atom. The molecule has 0 amide bonds. The molecule has 0 aliphatic carbocycles. The Bertz CT molecular complexity index is 644. The molecule has 0 aliphatic rings. The number of rotatable bonds is 8. The van der Waals surface area contributed by atoms with Gasteiger partial charge in [0.1, 0.15) is 0 Å². The number of nitrogens with zero attached hydrogens (tertiary/aromatic N) is 1. The van der Waals surface area contributed by atoms with Crippen LogP contribution in [0, 0.1) is 23.0 Å². The normalized spacial score (nSPS) is 14.3. The molecular formula is C14H18F2N2O3S. The highest BCUT2D eigenvalue weighted by molar-refractivity contribution is 7.89. The van der Waals surface area contributed by atoms with Crippen LogP contribution in [0.4, 0.5) is 8.78 Å². The molecule has 1 aromatic carbocycles. The Kier molecular flexibility index (Phi) is 6.87. The molecule has 2 unspecified atom stereocenters. The molecule has 122 valence electrons. The zero-order valence-electron chi connectivity index (χ0n) is 12.1. The Morgan fingerprint density at radius 1 is 1.32 bits per heavy atom. The van der Waals surface area contributed by atoms with Gasteiger partial charge in [-0.15, -0.1) is 0 Å². The van der Waals surface area contributed by atoms with E-state index >= 15 is 0 Å². The van der Waals surface area contributed by atoms with Crippen molar-refractivity contribution < 1.29 is 22.3 Å². The van der Waals surface area contributed by atoms with Crippen LogP contribution in [0.3, 0.4) is 0 Å². The van der Waals surface area contributed by atoms with Crippen molar-refractivity contribution in [1.82, 2.24) is 4.72 Å². The molecule has 5 nitrogen and oxygen atoms in total. The minimum absolute atomic E-state index is 0.0820.